The van der Waals surface area contributed by atoms with Crippen molar-refractivity contribution in [1.82, 2.24) is 23.6 Å². The Bertz CT molecular complexity index is 1060. The molecule has 0 radical (unpaired) electrons. The van der Waals surface area contributed by atoms with Crippen LogP contribution in [0.25, 0.3) is 11.2 Å². The summed E-state index contributed by atoms with van der Waals surface area (Å²) in [6, 6.07) is 0. The first-order valence-electron chi connectivity index (χ1n) is 10.2. The number of imidazole rings is 1. The summed E-state index contributed by atoms with van der Waals surface area (Å²) >= 11 is 0. The standard InChI is InChI=1S/C19H29N7O3/c1-13(2)11-25-17(27)15-16(22(4)19(25)28)20-18-24(15)12-14(3)21-26(18)6-5-23-7-9-29-10-8-23/h13H,5-12H2,1-4H3. The fourth-order valence-electron chi connectivity index (χ4n) is 3.96. The molecule has 2 aliphatic rings. The summed E-state index contributed by atoms with van der Waals surface area (Å²) in [5.41, 5.74) is 1.18. The number of ether oxygens (including phenoxy) is 1. The Hall–Kier alpha value is -2.46. The lowest BCUT2D eigenvalue weighted by atomic mass is 10.2. The number of nitrogens with zero attached hydrogens (tertiary/aromatic N) is 7. The van der Waals surface area contributed by atoms with Crippen LogP contribution in [0.3, 0.4) is 0 Å². The predicted molar refractivity (Wildman–Crippen MR) is 112 cm³/mol. The lowest BCUT2D eigenvalue weighted by Gasteiger charge is -2.30. The second-order valence-corrected chi connectivity index (χ2v) is 8.23. The molecule has 0 aliphatic carbocycles. The molecule has 4 rings (SSSR count). The van der Waals surface area contributed by atoms with Gasteiger partial charge in [-0.25, -0.2) is 9.80 Å². The highest BCUT2D eigenvalue weighted by molar-refractivity contribution is 5.87. The molecule has 0 spiro atoms. The number of hydrogen-bond acceptors (Lipinski definition) is 7. The molecule has 29 heavy (non-hydrogen) atoms. The molecule has 158 valence electrons. The zero-order valence-corrected chi connectivity index (χ0v) is 17.6. The fourth-order valence-corrected chi connectivity index (χ4v) is 3.96. The van der Waals surface area contributed by atoms with Crippen LogP contribution in [0.1, 0.15) is 20.8 Å². The fraction of sp³-hybridized carbons (Fsp3) is 0.684. The SMILES string of the molecule is CC1=NN(CCN2CCOCC2)c2nc3c(c(=O)n(CC(C)C)c(=O)n3C)n2C1. The van der Waals surface area contributed by atoms with Gasteiger partial charge in [0.25, 0.3) is 5.56 Å². The maximum absolute atomic E-state index is 13.2. The molecule has 1 saturated heterocycles. The number of hydrogen-bond donors (Lipinski definition) is 0. The van der Waals surface area contributed by atoms with Crippen molar-refractivity contribution < 1.29 is 4.74 Å². The third-order valence-corrected chi connectivity index (χ3v) is 5.40. The second kappa shape index (κ2) is 7.75. The molecule has 2 aromatic rings. The Morgan fingerprint density at radius 1 is 1.14 bits per heavy atom. The van der Waals surface area contributed by atoms with Crippen LogP contribution in [0.2, 0.25) is 0 Å². The van der Waals surface area contributed by atoms with Crippen LogP contribution in [0.5, 0.6) is 0 Å². The summed E-state index contributed by atoms with van der Waals surface area (Å²) in [6.45, 7) is 11.6. The highest BCUT2D eigenvalue weighted by Gasteiger charge is 2.27. The van der Waals surface area contributed by atoms with Gasteiger partial charge in [0.2, 0.25) is 5.95 Å². The van der Waals surface area contributed by atoms with E-state index in [0.29, 0.717) is 36.7 Å². The number of fused-ring (bicyclic) bond motifs is 3. The van der Waals surface area contributed by atoms with E-state index in [1.54, 1.807) is 7.05 Å². The largest absolute Gasteiger partial charge is 0.379 e. The Balaban J connectivity index is 1.75. The summed E-state index contributed by atoms with van der Waals surface area (Å²) in [4.78, 5) is 32.9. The van der Waals surface area contributed by atoms with Crippen LogP contribution >= 0.6 is 0 Å². The van der Waals surface area contributed by atoms with E-state index in [0.717, 1.165) is 38.6 Å². The van der Waals surface area contributed by atoms with Gasteiger partial charge in [-0.3, -0.25) is 23.4 Å². The Kier molecular flexibility index (Phi) is 5.30. The minimum atomic E-state index is -0.329. The summed E-state index contributed by atoms with van der Waals surface area (Å²) in [6.07, 6.45) is 0. The van der Waals surface area contributed by atoms with Crippen LogP contribution in [-0.2, 0) is 24.9 Å². The lowest BCUT2D eigenvalue weighted by Crippen LogP contribution is -2.42. The molecule has 0 bridgehead atoms. The topological polar surface area (TPSA) is 89.9 Å². The van der Waals surface area contributed by atoms with E-state index < -0.39 is 0 Å². The van der Waals surface area contributed by atoms with Gasteiger partial charge < -0.3 is 4.74 Å². The van der Waals surface area contributed by atoms with Gasteiger partial charge in [-0.1, -0.05) is 13.8 Å². The number of aryl methyl sites for hydroxylation is 1. The van der Waals surface area contributed by atoms with Gasteiger partial charge in [-0.15, -0.1) is 0 Å². The molecular weight excluding hydrogens is 374 g/mol. The van der Waals surface area contributed by atoms with E-state index >= 15 is 0 Å². The number of rotatable bonds is 5. The highest BCUT2D eigenvalue weighted by atomic mass is 16.5. The van der Waals surface area contributed by atoms with E-state index in [-0.39, 0.29) is 17.2 Å². The van der Waals surface area contributed by atoms with Crippen molar-refractivity contribution in [3.63, 3.8) is 0 Å². The smallest absolute Gasteiger partial charge is 0.332 e. The molecule has 2 aromatic heterocycles. The van der Waals surface area contributed by atoms with E-state index in [2.05, 4.69) is 15.0 Å². The van der Waals surface area contributed by atoms with Gasteiger partial charge >= 0.3 is 5.69 Å². The van der Waals surface area contributed by atoms with Crippen LogP contribution in [0, 0.1) is 5.92 Å². The van der Waals surface area contributed by atoms with Gasteiger partial charge in [0.15, 0.2) is 11.2 Å². The second-order valence-electron chi connectivity index (χ2n) is 8.23. The Labute approximate surface area is 169 Å². The van der Waals surface area contributed by atoms with Crippen LogP contribution < -0.4 is 16.3 Å². The van der Waals surface area contributed by atoms with Crippen molar-refractivity contribution in [1.29, 1.82) is 0 Å². The summed E-state index contributed by atoms with van der Waals surface area (Å²) in [7, 11) is 1.67. The van der Waals surface area contributed by atoms with E-state index in [1.165, 1.54) is 9.13 Å². The van der Waals surface area contributed by atoms with Crippen molar-refractivity contribution in [2.75, 3.05) is 44.4 Å². The minimum Gasteiger partial charge on any atom is -0.379 e. The molecule has 4 heterocycles. The minimum absolute atomic E-state index is 0.190. The highest BCUT2D eigenvalue weighted by Crippen LogP contribution is 2.23. The van der Waals surface area contributed by atoms with Crippen LogP contribution in [0.15, 0.2) is 14.7 Å². The molecule has 0 unspecified atom stereocenters. The molecule has 0 saturated carbocycles. The normalized spacial score (nSPS) is 17.8. The Morgan fingerprint density at radius 3 is 2.55 bits per heavy atom. The lowest BCUT2D eigenvalue weighted by molar-refractivity contribution is 0.0391. The first-order valence-corrected chi connectivity index (χ1v) is 10.2. The number of morpholine rings is 1. The summed E-state index contributed by atoms with van der Waals surface area (Å²) in [5, 5.41) is 6.52. The van der Waals surface area contributed by atoms with E-state index in [4.69, 9.17) is 4.74 Å². The van der Waals surface area contributed by atoms with Gasteiger partial charge in [0.05, 0.1) is 32.0 Å². The maximum Gasteiger partial charge on any atom is 0.332 e. The van der Waals surface area contributed by atoms with Gasteiger partial charge in [-0.2, -0.15) is 10.1 Å². The number of aromatic nitrogens is 4. The molecule has 0 N–H and O–H groups in total. The van der Waals surface area contributed by atoms with E-state index in [1.807, 2.05) is 30.3 Å². The van der Waals surface area contributed by atoms with Crippen LogP contribution in [-0.4, -0.2) is 68.7 Å². The van der Waals surface area contributed by atoms with Crippen molar-refractivity contribution in [2.45, 2.75) is 33.9 Å². The monoisotopic (exact) mass is 403 g/mol. The third kappa shape index (κ3) is 3.62. The number of anilines is 1. The van der Waals surface area contributed by atoms with Gasteiger partial charge in [0, 0.05) is 33.2 Å². The molecule has 0 aromatic carbocycles. The third-order valence-electron chi connectivity index (χ3n) is 5.40. The van der Waals surface area contributed by atoms with Gasteiger partial charge in [-0.05, 0) is 12.8 Å². The van der Waals surface area contributed by atoms with Crippen LogP contribution in [0.4, 0.5) is 5.95 Å². The predicted octanol–water partition coefficient (Wildman–Crippen LogP) is 0.0808. The number of hydrazone groups is 1. The molecule has 10 heteroatoms. The molecule has 0 atom stereocenters. The summed E-state index contributed by atoms with van der Waals surface area (Å²) in [5.74, 6) is 0.808. The van der Waals surface area contributed by atoms with Gasteiger partial charge in [0.1, 0.15) is 0 Å². The Morgan fingerprint density at radius 2 is 1.86 bits per heavy atom. The first kappa shape index (κ1) is 19.8. The zero-order valence-electron chi connectivity index (χ0n) is 17.6. The molecule has 2 aliphatic heterocycles. The molecular formula is C19H29N7O3. The molecule has 1 fully saturated rings. The van der Waals surface area contributed by atoms with Crippen molar-refractivity contribution >= 4 is 22.8 Å². The molecule has 10 nitrogen and oxygen atoms in total. The van der Waals surface area contributed by atoms with Crippen molar-refractivity contribution in [3.8, 4) is 0 Å². The summed E-state index contributed by atoms with van der Waals surface area (Å²) < 4.78 is 10.1. The van der Waals surface area contributed by atoms with Crippen molar-refractivity contribution in [3.05, 3.63) is 20.8 Å². The average molecular weight is 403 g/mol. The average Bonchev–Trinajstić information content (AvgIpc) is 3.08. The van der Waals surface area contributed by atoms with Crippen molar-refractivity contribution in [2.24, 2.45) is 18.1 Å². The zero-order chi connectivity index (χ0) is 20.7. The first-order chi connectivity index (χ1) is 13.9. The quantitative estimate of drug-likeness (QED) is 0.702. The maximum atomic E-state index is 13.2. The molecule has 0 amide bonds. The van der Waals surface area contributed by atoms with E-state index in [9.17, 15) is 9.59 Å².